The molecule has 0 aliphatic carbocycles. The molecule has 1 heterocycles. The van der Waals surface area contributed by atoms with E-state index in [-0.39, 0.29) is 22.7 Å². The van der Waals surface area contributed by atoms with Crippen LogP contribution in [0.25, 0.3) is 0 Å². The van der Waals surface area contributed by atoms with Gasteiger partial charge in [-0.15, -0.1) is 0 Å². The first-order valence-electron chi connectivity index (χ1n) is 7.26. The van der Waals surface area contributed by atoms with Crippen LogP contribution in [0.2, 0.25) is 0 Å². The quantitative estimate of drug-likeness (QED) is 0.868. The molecule has 0 bridgehead atoms. The van der Waals surface area contributed by atoms with Gasteiger partial charge in [-0.2, -0.15) is 0 Å². The molecule has 0 spiro atoms. The summed E-state index contributed by atoms with van der Waals surface area (Å²) in [4.78, 5) is 24.8. The first-order chi connectivity index (χ1) is 10.5. The maximum Gasteiger partial charge on any atom is 0.222 e. The number of rotatable bonds is 6. The fourth-order valence-corrected chi connectivity index (χ4v) is 3.27. The predicted octanol–water partition coefficient (Wildman–Crippen LogP) is 2.07. The summed E-state index contributed by atoms with van der Waals surface area (Å²) in [6.45, 7) is 2.89. The number of phenols is 1. The van der Waals surface area contributed by atoms with Crippen molar-refractivity contribution in [1.29, 1.82) is 0 Å². The Kier molecular flexibility index (Phi) is 5.71. The van der Waals surface area contributed by atoms with E-state index in [0.717, 1.165) is 5.56 Å². The molecule has 1 aliphatic rings. The van der Waals surface area contributed by atoms with Crippen molar-refractivity contribution in [2.75, 3.05) is 26.0 Å². The molecule has 1 aromatic carbocycles. The van der Waals surface area contributed by atoms with E-state index in [1.54, 1.807) is 19.1 Å². The van der Waals surface area contributed by atoms with E-state index < -0.39 is 0 Å². The molecule has 0 aromatic heterocycles. The molecule has 1 N–H and O–H groups in total. The number of carbonyl (C=O) groups excluding carboxylic acids is 2. The summed E-state index contributed by atoms with van der Waals surface area (Å²) < 4.78 is 5.01. The van der Waals surface area contributed by atoms with Gasteiger partial charge in [0.25, 0.3) is 0 Å². The number of likely N-dealkylation sites (tertiary alicyclic amines) is 1. The Labute approximate surface area is 134 Å². The zero-order valence-electron chi connectivity index (χ0n) is 12.9. The fraction of sp³-hybridized carbons (Fsp3) is 0.500. The number of aromatic hydroxyl groups is 1. The van der Waals surface area contributed by atoms with Crippen LogP contribution in [-0.2, 0) is 16.0 Å². The Hall–Kier alpha value is -1.69. The van der Waals surface area contributed by atoms with Crippen LogP contribution in [0.3, 0.4) is 0 Å². The van der Waals surface area contributed by atoms with Crippen molar-refractivity contribution >= 4 is 22.8 Å². The highest BCUT2D eigenvalue weighted by molar-refractivity contribution is 8.13. The molecule has 1 aliphatic heterocycles. The first-order valence-corrected chi connectivity index (χ1v) is 8.25. The molecule has 22 heavy (non-hydrogen) atoms. The van der Waals surface area contributed by atoms with Crippen LogP contribution in [0.1, 0.15) is 18.9 Å². The van der Waals surface area contributed by atoms with Gasteiger partial charge in [-0.25, -0.2) is 0 Å². The molecule has 1 atom stereocenters. The summed E-state index contributed by atoms with van der Waals surface area (Å²) in [7, 11) is 1.51. The second kappa shape index (κ2) is 7.54. The van der Waals surface area contributed by atoms with Crippen molar-refractivity contribution in [2.45, 2.75) is 19.8 Å². The number of thioether (sulfide) groups is 1. The largest absolute Gasteiger partial charge is 0.504 e. The second-order valence-corrected chi connectivity index (χ2v) is 6.67. The lowest BCUT2D eigenvalue weighted by molar-refractivity contribution is -0.127. The molecule has 1 aromatic rings. The number of benzene rings is 1. The third-order valence-corrected chi connectivity index (χ3v) is 4.78. The molecule has 1 fully saturated rings. The molecule has 120 valence electrons. The van der Waals surface area contributed by atoms with Gasteiger partial charge in [0.15, 0.2) is 16.6 Å². The van der Waals surface area contributed by atoms with Crippen LogP contribution in [-0.4, -0.2) is 47.0 Å². The summed E-state index contributed by atoms with van der Waals surface area (Å²) in [5.74, 6) is 1.67. The minimum Gasteiger partial charge on any atom is -0.504 e. The van der Waals surface area contributed by atoms with Crippen LogP contribution >= 0.6 is 11.8 Å². The summed E-state index contributed by atoms with van der Waals surface area (Å²) in [5.41, 5.74) is 0.965. The van der Waals surface area contributed by atoms with E-state index in [0.29, 0.717) is 37.4 Å². The van der Waals surface area contributed by atoms with Crippen LogP contribution in [0.15, 0.2) is 18.2 Å². The third-order valence-electron chi connectivity index (χ3n) is 3.73. The van der Waals surface area contributed by atoms with Crippen LogP contribution < -0.4 is 4.74 Å². The number of carbonyl (C=O) groups is 2. The Bertz CT molecular complexity index is 561. The molecule has 6 heteroatoms. The van der Waals surface area contributed by atoms with Gasteiger partial charge in [-0.1, -0.05) is 17.8 Å². The molecular formula is C16H21NO4S. The monoisotopic (exact) mass is 323 g/mol. The molecule has 0 radical (unpaired) electrons. The van der Waals surface area contributed by atoms with Crippen molar-refractivity contribution in [3.63, 3.8) is 0 Å². The standard InChI is InChI=1S/C16H21NO4S/c1-11(18)22-10-13-8-16(20)17(9-13)6-5-12-3-4-15(21-2)14(19)7-12/h3-4,7,13,19H,5-6,8-10H2,1-2H3. The van der Waals surface area contributed by atoms with E-state index in [1.807, 2.05) is 11.0 Å². The highest BCUT2D eigenvalue weighted by atomic mass is 32.2. The van der Waals surface area contributed by atoms with Gasteiger partial charge in [-0.05, 0) is 30.0 Å². The van der Waals surface area contributed by atoms with Crippen LogP contribution in [0, 0.1) is 5.92 Å². The number of ether oxygens (including phenoxy) is 1. The summed E-state index contributed by atoms with van der Waals surface area (Å²) >= 11 is 1.29. The molecular weight excluding hydrogens is 302 g/mol. The zero-order chi connectivity index (χ0) is 16.1. The van der Waals surface area contributed by atoms with Gasteiger partial charge in [0.05, 0.1) is 7.11 Å². The normalized spacial score (nSPS) is 17.8. The Balaban J connectivity index is 1.85. The van der Waals surface area contributed by atoms with Gasteiger partial charge in [0.1, 0.15) is 0 Å². The lowest BCUT2D eigenvalue weighted by atomic mass is 10.1. The average molecular weight is 323 g/mol. The molecule has 1 saturated heterocycles. The number of hydrogen-bond donors (Lipinski definition) is 1. The number of hydrogen-bond acceptors (Lipinski definition) is 5. The third kappa shape index (κ3) is 4.40. The molecule has 1 unspecified atom stereocenters. The van der Waals surface area contributed by atoms with Crippen molar-refractivity contribution < 1.29 is 19.4 Å². The predicted molar refractivity (Wildman–Crippen MR) is 86.2 cm³/mol. The number of amides is 1. The maximum absolute atomic E-state index is 12.0. The molecule has 1 amide bonds. The van der Waals surface area contributed by atoms with Crippen molar-refractivity contribution in [3.05, 3.63) is 23.8 Å². The van der Waals surface area contributed by atoms with Crippen LogP contribution in [0.4, 0.5) is 0 Å². The lowest BCUT2D eigenvalue weighted by Gasteiger charge is -2.16. The zero-order valence-corrected chi connectivity index (χ0v) is 13.7. The maximum atomic E-state index is 12.0. The summed E-state index contributed by atoms with van der Waals surface area (Å²) in [6.07, 6.45) is 1.21. The van der Waals surface area contributed by atoms with Gasteiger partial charge in [-0.3, -0.25) is 9.59 Å². The Morgan fingerprint density at radius 2 is 2.27 bits per heavy atom. The molecule has 2 rings (SSSR count). The van der Waals surface area contributed by atoms with Gasteiger partial charge in [0, 0.05) is 32.2 Å². The van der Waals surface area contributed by atoms with Crippen molar-refractivity contribution in [1.82, 2.24) is 4.90 Å². The second-order valence-electron chi connectivity index (χ2n) is 5.47. The number of methoxy groups -OCH3 is 1. The van der Waals surface area contributed by atoms with E-state index >= 15 is 0 Å². The van der Waals surface area contributed by atoms with Crippen molar-refractivity contribution in [3.8, 4) is 11.5 Å². The highest BCUT2D eigenvalue weighted by Gasteiger charge is 2.29. The van der Waals surface area contributed by atoms with E-state index in [2.05, 4.69) is 0 Å². The lowest BCUT2D eigenvalue weighted by Crippen LogP contribution is -2.27. The Morgan fingerprint density at radius 1 is 1.50 bits per heavy atom. The summed E-state index contributed by atoms with van der Waals surface area (Å²) in [5, 5.41) is 9.86. The fourth-order valence-electron chi connectivity index (χ4n) is 2.57. The SMILES string of the molecule is COc1ccc(CCN2CC(CSC(C)=O)CC2=O)cc1O. The minimum absolute atomic E-state index is 0.0969. The minimum atomic E-state index is 0.0969. The van der Waals surface area contributed by atoms with E-state index in [1.165, 1.54) is 18.9 Å². The Morgan fingerprint density at radius 3 is 2.91 bits per heavy atom. The smallest absolute Gasteiger partial charge is 0.222 e. The van der Waals surface area contributed by atoms with E-state index in [4.69, 9.17) is 4.74 Å². The van der Waals surface area contributed by atoms with Gasteiger partial charge in [0.2, 0.25) is 5.91 Å². The summed E-state index contributed by atoms with van der Waals surface area (Å²) in [6, 6.07) is 5.29. The topological polar surface area (TPSA) is 66.8 Å². The van der Waals surface area contributed by atoms with E-state index in [9.17, 15) is 14.7 Å². The van der Waals surface area contributed by atoms with Crippen molar-refractivity contribution in [2.24, 2.45) is 5.92 Å². The molecule has 5 nitrogen and oxygen atoms in total. The van der Waals surface area contributed by atoms with Crippen LogP contribution in [0.5, 0.6) is 11.5 Å². The van der Waals surface area contributed by atoms with Gasteiger partial charge >= 0.3 is 0 Å². The highest BCUT2D eigenvalue weighted by Crippen LogP contribution is 2.27. The van der Waals surface area contributed by atoms with Gasteiger partial charge < -0.3 is 14.7 Å². The first kappa shape index (κ1) is 16.7. The number of phenolic OH excluding ortho intramolecular Hbond substituents is 1. The number of nitrogens with zero attached hydrogens (tertiary/aromatic N) is 1. The average Bonchev–Trinajstić information content (AvgIpc) is 2.83. The molecule has 0 saturated carbocycles.